The fraction of sp³-hybridized carbons (Fsp3) is 0.250. The van der Waals surface area contributed by atoms with E-state index in [1.165, 1.54) is 6.07 Å². The summed E-state index contributed by atoms with van der Waals surface area (Å²) in [7, 11) is 0. The van der Waals surface area contributed by atoms with Gasteiger partial charge >= 0.3 is 5.97 Å². The number of aromatic nitrogens is 1. The van der Waals surface area contributed by atoms with Gasteiger partial charge in [-0.05, 0) is 6.07 Å². The van der Waals surface area contributed by atoms with Crippen LogP contribution in [0.3, 0.4) is 0 Å². The summed E-state index contributed by atoms with van der Waals surface area (Å²) in [6.45, 7) is -0.200. The van der Waals surface area contributed by atoms with Gasteiger partial charge in [0.2, 0.25) is 5.95 Å². The second-order valence-electron chi connectivity index (χ2n) is 2.66. The quantitative estimate of drug-likeness (QED) is 0.743. The number of halogens is 2. The van der Waals surface area contributed by atoms with E-state index in [1.807, 2.05) is 0 Å². The van der Waals surface area contributed by atoms with Crippen LogP contribution in [-0.4, -0.2) is 22.6 Å². The van der Waals surface area contributed by atoms with Gasteiger partial charge in [0.1, 0.15) is 0 Å². The molecular formula is C8H8ClFN2O2. The molecule has 4 nitrogen and oxygen atoms in total. The number of hydrogen-bond donors (Lipinski definition) is 2. The third-order valence-corrected chi connectivity index (χ3v) is 1.95. The number of carbonyl (C=O) groups is 1. The van der Waals surface area contributed by atoms with Crippen LogP contribution in [0.1, 0.15) is 11.5 Å². The van der Waals surface area contributed by atoms with E-state index >= 15 is 0 Å². The van der Waals surface area contributed by atoms with Gasteiger partial charge in [-0.2, -0.15) is 4.39 Å². The topological polar surface area (TPSA) is 76.2 Å². The Morgan fingerprint density at radius 3 is 2.93 bits per heavy atom. The van der Waals surface area contributed by atoms with Crippen LogP contribution >= 0.6 is 11.6 Å². The maximum atomic E-state index is 13.1. The Hall–Kier alpha value is -1.20. The Morgan fingerprint density at radius 2 is 2.43 bits per heavy atom. The van der Waals surface area contributed by atoms with Gasteiger partial charge in [0.05, 0.1) is 10.9 Å². The second kappa shape index (κ2) is 4.34. The molecule has 1 heterocycles. The molecule has 1 unspecified atom stereocenters. The fourth-order valence-electron chi connectivity index (χ4n) is 1.04. The van der Waals surface area contributed by atoms with Crippen LogP contribution in [-0.2, 0) is 4.79 Å². The van der Waals surface area contributed by atoms with Gasteiger partial charge in [0.15, 0.2) is 0 Å². The summed E-state index contributed by atoms with van der Waals surface area (Å²) < 4.78 is 13.1. The largest absolute Gasteiger partial charge is 0.481 e. The van der Waals surface area contributed by atoms with Crippen LogP contribution in [0.5, 0.6) is 0 Å². The van der Waals surface area contributed by atoms with Crippen LogP contribution in [0.4, 0.5) is 4.39 Å². The maximum Gasteiger partial charge on any atom is 0.312 e. The minimum atomic E-state index is -1.20. The number of rotatable bonds is 3. The average Bonchev–Trinajstić information content (AvgIpc) is 2.11. The number of aliphatic carboxylic acids is 1. The van der Waals surface area contributed by atoms with E-state index in [-0.39, 0.29) is 17.1 Å². The van der Waals surface area contributed by atoms with Gasteiger partial charge in [-0.3, -0.25) is 4.79 Å². The summed E-state index contributed by atoms with van der Waals surface area (Å²) in [4.78, 5) is 14.0. The van der Waals surface area contributed by atoms with Crippen LogP contribution < -0.4 is 5.73 Å². The first-order valence-corrected chi connectivity index (χ1v) is 4.18. The molecule has 0 bridgehead atoms. The molecule has 0 saturated heterocycles. The van der Waals surface area contributed by atoms with E-state index in [0.29, 0.717) is 0 Å². The highest BCUT2D eigenvalue weighted by Gasteiger charge is 2.22. The van der Waals surface area contributed by atoms with Gasteiger partial charge in [0, 0.05) is 18.3 Å². The van der Waals surface area contributed by atoms with Crippen molar-refractivity contribution >= 4 is 17.6 Å². The molecule has 1 aromatic rings. The lowest BCUT2D eigenvalue weighted by Crippen LogP contribution is -2.22. The summed E-state index contributed by atoms with van der Waals surface area (Å²) in [6, 6.07) is 1.22. The third-order valence-electron chi connectivity index (χ3n) is 1.74. The van der Waals surface area contributed by atoms with E-state index in [4.69, 9.17) is 22.4 Å². The van der Waals surface area contributed by atoms with Crippen molar-refractivity contribution in [1.82, 2.24) is 4.98 Å². The number of carboxylic acids is 1. The Morgan fingerprint density at radius 1 is 1.79 bits per heavy atom. The normalized spacial score (nSPS) is 12.5. The van der Waals surface area contributed by atoms with Gasteiger partial charge in [-0.25, -0.2) is 4.98 Å². The van der Waals surface area contributed by atoms with Crippen molar-refractivity contribution in [3.63, 3.8) is 0 Å². The Labute approximate surface area is 84.5 Å². The molecule has 0 aromatic carbocycles. The number of nitrogens with two attached hydrogens (primary N) is 1. The molecule has 1 aromatic heterocycles. The fourth-order valence-corrected chi connectivity index (χ4v) is 1.21. The van der Waals surface area contributed by atoms with E-state index in [9.17, 15) is 9.18 Å². The highest BCUT2D eigenvalue weighted by molar-refractivity contribution is 6.30. The van der Waals surface area contributed by atoms with E-state index in [1.54, 1.807) is 0 Å². The predicted octanol–water partition coefficient (Wildman–Crippen LogP) is 1.00. The molecule has 3 N–H and O–H groups in total. The second-order valence-corrected chi connectivity index (χ2v) is 3.10. The van der Waals surface area contributed by atoms with Gasteiger partial charge in [0.25, 0.3) is 0 Å². The molecule has 0 aliphatic heterocycles. The van der Waals surface area contributed by atoms with Gasteiger partial charge < -0.3 is 10.8 Å². The zero-order valence-electron chi connectivity index (χ0n) is 7.08. The third kappa shape index (κ3) is 2.18. The highest BCUT2D eigenvalue weighted by Crippen LogP contribution is 2.20. The van der Waals surface area contributed by atoms with E-state index < -0.39 is 17.8 Å². The van der Waals surface area contributed by atoms with Crippen molar-refractivity contribution in [3.8, 4) is 0 Å². The highest BCUT2D eigenvalue weighted by atomic mass is 35.5. The van der Waals surface area contributed by atoms with Crippen molar-refractivity contribution in [2.24, 2.45) is 5.73 Å². The molecule has 0 aliphatic carbocycles. The van der Waals surface area contributed by atoms with Gasteiger partial charge in [-0.15, -0.1) is 0 Å². The number of pyridine rings is 1. The van der Waals surface area contributed by atoms with E-state index in [0.717, 1.165) is 6.20 Å². The van der Waals surface area contributed by atoms with Crippen molar-refractivity contribution in [1.29, 1.82) is 0 Å². The molecule has 0 amide bonds. The van der Waals surface area contributed by atoms with Gasteiger partial charge in [-0.1, -0.05) is 11.6 Å². The standard InChI is InChI=1S/C8H8ClFN2O2/c9-4-1-5(7(10)12-3-4)6(2-11)8(13)14/h1,3,6H,2,11H2,(H,13,14). The van der Waals surface area contributed by atoms with Crippen LogP contribution in [0, 0.1) is 5.95 Å². The Bertz CT molecular complexity index is 359. The molecule has 0 spiro atoms. The number of carboxylic acid groups (broad SMARTS) is 1. The average molecular weight is 219 g/mol. The lowest BCUT2D eigenvalue weighted by molar-refractivity contribution is -0.138. The van der Waals surface area contributed by atoms with E-state index in [2.05, 4.69) is 4.98 Å². The molecule has 0 aliphatic rings. The van der Waals surface area contributed by atoms with Crippen molar-refractivity contribution in [2.75, 3.05) is 6.54 Å². The minimum absolute atomic E-state index is 0.0903. The Balaban J connectivity index is 3.15. The monoisotopic (exact) mass is 218 g/mol. The molecule has 0 fully saturated rings. The molecule has 0 radical (unpaired) electrons. The van der Waals surface area contributed by atoms with Crippen molar-refractivity contribution in [2.45, 2.75) is 5.92 Å². The molecule has 76 valence electrons. The summed E-state index contributed by atoms with van der Waals surface area (Å²) in [6.07, 6.45) is 1.11. The van der Waals surface area contributed by atoms with Crippen LogP contribution in [0.2, 0.25) is 5.02 Å². The number of hydrogen-bond acceptors (Lipinski definition) is 3. The summed E-state index contributed by atoms with van der Waals surface area (Å²) >= 11 is 5.56. The summed E-state index contributed by atoms with van der Waals surface area (Å²) in [5.74, 6) is -3.16. The predicted molar refractivity (Wildman–Crippen MR) is 48.6 cm³/mol. The molecule has 1 rings (SSSR count). The van der Waals surface area contributed by atoms with Crippen molar-refractivity contribution in [3.05, 3.63) is 28.8 Å². The smallest absolute Gasteiger partial charge is 0.312 e. The first-order chi connectivity index (χ1) is 6.56. The lowest BCUT2D eigenvalue weighted by Gasteiger charge is -2.10. The SMILES string of the molecule is NCC(C(=O)O)c1cc(Cl)cnc1F. The molecular weight excluding hydrogens is 211 g/mol. The molecule has 1 atom stereocenters. The first-order valence-electron chi connectivity index (χ1n) is 3.80. The Kier molecular flexibility index (Phi) is 3.38. The summed E-state index contributed by atoms with van der Waals surface area (Å²) in [5.41, 5.74) is 5.12. The number of nitrogens with zero attached hydrogens (tertiary/aromatic N) is 1. The summed E-state index contributed by atoms with van der Waals surface area (Å²) in [5, 5.41) is 8.91. The zero-order chi connectivity index (χ0) is 10.7. The molecule has 6 heteroatoms. The van der Waals surface area contributed by atoms with Crippen molar-refractivity contribution < 1.29 is 14.3 Å². The van der Waals surface area contributed by atoms with Crippen LogP contribution in [0.25, 0.3) is 0 Å². The van der Waals surface area contributed by atoms with Crippen LogP contribution in [0.15, 0.2) is 12.3 Å². The molecule has 14 heavy (non-hydrogen) atoms. The zero-order valence-corrected chi connectivity index (χ0v) is 7.83. The molecule has 0 saturated carbocycles. The first kappa shape index (κ1) is 10.9. The minimum Gasteiger partial charge on any atom is -0.481 e. The lowest BCUT2D eigenvalue weighted by atomic mass is 10.0. The maximum absolute atomic E-state index is 13.1.